The van der Waals surface area contributed by atoms with Crippen LogP contribution in [0.25, 0.3) is 0 Å². The van der Waals surface area contributed by atoms with Gasteiger partial charge in [-0.25, -0.2) is 9.59 Å². The van der Waals surface area contributed by atoms with Gasteiger partial charge >= 0.3 is 12.1 Å². The van der Waals surface area contributed by atoms with Crippen molar-refractivity contribution in [2.45, 2.75) is 25.7 Å². The maximum absolute atomic E-state index is 12.2. The molecule has 2 rings (SSSR count). The van der Waals surface area contributed by atoms with E-state index in [1.807, 2.05) is 36.4 Å². The largest absolute Gasteiger partial charge is 0.459 e. The van der Waals surface area contributed by atoms with Crippen LogP contribution in [0.15, 0.2) is 60.7 Å². The monoisotopic (exact) mass is 356 g/mol. The van der Waals surface area contributed by atoms with Crippen LogP contribution in [-0.2, 0) is 32.3 Å². The summed E-state index contributed by atoms with van der Waals surface area (Å²) in [6.45, 7) is 0.0602. The highest BCUT2D eigenvalue weighted by atomic mass is 16.6. The van der Waals surface area contributed by atoms with Gasteiger partial charge in [-0.3, -0.25) is 4.79 Å². The van der Waals surface area contributed by atoms with E-state index in [4.69, 9.17) is 15.2 Å². The highest BCUT2D eigenvalue weighted by Gasteiger charge is 2.25. The number of carbonyl (C=O) groups is 3. The lowest BCUT2D eigenvalue weighted by atomic mass is 10.2. The van der Waals surface area contributed by atoms with Gasteiger partial charge in [-0.2, -0.15) is 0 Å². The van der Waals surface area contributed by atoms with E-state index in [1.54, 1.807) is 24.3 Å². The van der Waals surface area contributed by atoms with Gasteiger partial charge in [0.25, 0.3) is 0 Å². The molecule has 0 heterocycles. The van der Waals surface area contributed by atoms with Gasteiger partial charge < -0.3 is 20.5 Å². The quantitative estimate of drug-likeness (QED) is 0.703. The summed E-state index contributed by atoms with van der Waals surface area (Å²) in [6.07, 6.45) is -1.22. The summed E-state index contributed by atoms with van der Waals surface area (Å²) in [5.74, 6) is -1.50. The van der Waals surface area contributed by atoms with Crippen LogP contribution in [0.2, 0.25) is 0 Å². The van der Waals surface area contributed by atoms with Gasteiger partial charge in [0.15, 0.2) is 0 Å². The number of alkyl carbamates (subject to hydrolysis) is 1. The Morgan fingerprint density at radius 3 is 1.85 bits per heavy atom. The van der Waals surface area contributed by atoms with E-state index >= 15 is 0 Å². The summed E-state index contributed by atoms with van der Waals surface area (Å²) < 4.78 is 10.2. The number of nitrogens with two attached hydrogens (primary N) is 1. The van der Waals surface area contributed by atoms with Crippen LogP contribution in [0.3, 0.4) is 0 Å². The number of benzene rings is 2. The van der Waals surface area contributed by atoms with Crippen molar-refractivity contribution >= 4 is 18.0 Å². The van der Waals surface area contributed by atoms with E-state index < -0.39 is 24.0 Å². The zero-order valence-corrected chi connectivity index (χ0v) is 14.1. The Labute approximate surface area is 151 Å². The van der Waals surface area contributed by atoms with E-state index in [-0.39, 0.29) is 19.6 Å². The maximum Gasteiger partial charge on any atom is 0.408 e. The van der Waals surface area contributed by atoms with Gasteiger partial charge in [0.05, 0.1) is 6.42 Å². The van der Waals surface area contributed by atoms with Gasteiger partial charge in [0.1, 0.15) is 19.3 Å². The van der Waals surface area contributed by atoms with Crippen molar-refractivity contribution in [2.24, 2.45) is 5.73 Å². The number of amides is 2. The molecule has 0 saturated heterocycles. The summed E-state index contributed by atoms with van der Waals surface area (Å²) in [4.78, 5) is 35.2. The van der Waals surface area contributed by atoms with E-state index in [1.165, 1.54) is 0 Å². The Morgan fingerprint density at radius 2 is 1.35 bits per heavy atom. The molecule has 2 aromatic rings. The first-order valence-corrected chi connectivity index (χ1v) is 8.00. The Bertz CT molecular complexity index is 734. The van der Waals surface area contributed by atoms with Gasteiger partial charge in [-0.05, 0) is 11.1 Å². The van der Waals surface area contributed by atoms with E-state index in [0.29, 0.717) is 0 Å². The second-order valence-electron chi connectivity index (χ2n) is 5.52. The molecule has 1 unspecified atom stereocenters. The van der Waals surface area contributed by atoms with E-state index in [9.17, 15) is 14.4 Å². The van der Waals surface area contributed by atoms with E-state index in [2.05, 4.69) is 5.32 Å². The summed E-state index contributed by atoms with van der Waals surface area (Å²) in [6, 6.07) is 16.9. The second-order valence-corrected chi connectivity index (χ2v) is 5.52. The lowest BCUT2D eigenvalue weighted by molar-refractivity contribution is -0.148. The summed E-state index contributed by atoms with van der Waals surface area (Å²) >= 11 is 0. The molecule has 2 amide bonds. The van der Waals surface area contributed by atoms with Crippen molar-refractivity contribution in [2.75, 3.05) is 0 Å². The van der Waals surface area contributed by atoms with Crippen molar-refractivity contribution in [1.29, 1.82) is 0 Å². The van der Waals surface area contributed by atoms with Crippen LogP contribution in [0.1, 0.15) is 17.5 Å². The lowest BCUT2D eigenvalue weighted by Gasteiger charge is -2.16. The predicted molar refractivity (Wildman–Crippen MR) is 93.6 cm³/mol. The minimum absolute atomic E-state index is 0.0235. The van der Waals surface area contributed by atoms with Crippen LogP contribution >= 0.6 is 0 Å². The van der Waals surface area contributed by atoms with E-state index in [0.717, 1.165) is 11.1 Å². The molecule has 0 fully saturated rings. The predicted octanol–water partition coefficient (Wildman–Crippen LogP) is 1.90. The standard InChI is InChI=1S/C19H20N2O5/c20-17(22)11-16(18(23)25-12-14-7-3-1-4-8-14)21-19(24)26-13-15-9-5-2-6-10-15/h1-10,16H,11-13H2,(H2,20,22)(H,21,24). The van der Waals surface area contributed by atoms with Crippen molar-refractivity contribution in [3.63, 3.8) is 0 Å². The smallest absolute Gasteiger partial charge is 0.408 e. The molecule has 0 bridgehead atoms. The molecule has 2 aromatic carbocycles. The fourth-order valence-corrected chi connectivity index (χ4v) is 2.13. The zero-order valence-electron chi connectivity index (χ0n) is 14.1. The molecular weight excluding hydrogens is 336 g/mol. The number of hydrogen-bond acceptors (Lipinski definition) is 5. The average Bonchev–Trinajstić information content (AvgIpc) is 2.65. The van der Waals surface area contributed by atoms with Gasteiger partial charge in [0.2, 0.25) is 5.91 Å². The number of carbonyl (C=O) groups excluding carboxylic acids is 3. The van der Waals surface area contributed by atoms with Crippen LogP contribution in [0.4, 0.5) is 4.79 Å². The Kier molecular flexibility index (Phi) is 7.17. The van der Waals surface area contributed by atoms with Crippen LogP contribution in [0, 0.1) is 0 Å². The highest BCUT2D eigenvalue weighted by molar-refractivity contribution is 5.87. The van der Waals surface area contributed by atoms with Crippen molar-refractivity contribution in [3.05, 3.63) is 71.8 Å². The SMILES string of the molecule is NC(=O)CC(NC(=O)OCc1ccccc1)C(=O)OCc1ccccc1. The second kappa shape index (κ2) is 9.83. The van der Waals surface area contributed by atoms with Crippen LogP contribution in [0.5, 0.6) is 0 Å². The summed E-state index contributed by atoms with van der Waals surface area (Å²) in [5.41, 5.74) is 6.72. The molecule has 0 aromatic heterocycles. The van der Waals surface area contributed by atoms with Crippen molar-refractivity contribution < 1.29 is 23.9 Å². The number of esters is 1. The van der Waals surface area contributed by atoms with Gasteiger partial charge in [-0.1, -0.05) is 60.7 Å². The molecule has 136 valence electrons. The fourth-order valence-electron chi connectivity index (χ4n) is 2.13. The number of rotatable bonds is 8. The molecule has 0 radical (unpaired) electrons. The third-order valence-corrected chi connectivity index (χ3v) is 3.42. The molecule has 7 heteroatoms. The third-order valence-electron chi connectivity index (χ3n) is 3.42. The molecule has 0 saturated carbocycles. The maximum atomic E-state index is 12.2. The number of nitrogens with one attached hydrogen (secondary N) is 1. The lowest BCUT2D eigenvalue weighted by Crippen LogP contribution is -2.44. The Hall–Kier alpha value is -3.35. The molecule has 1 atom stereocenters. The molecule has 3 N–H and O–H groups in total. The first-order chi connectivity index (χ1) is 12.5. The average molecular weight is 356 g/mol. The fraction of sp³-hybridized carbons (Fsp3) is 0.211. The number of primary amides is 1. The normalized spacial score (nSPS) is 11.2. The van der Waals surface area contributed by atoms with Crippen LogP contribution in [-0.4, -0.2) is 24.0 Å². The Morgan fingerprint density at radius 1 is 0.846 bits per heavy atom. The van der Waals surface area contributed by atoms with Gasteiger partial charge in [0, 0.05) is 0 Å². The van der Waals surface area contributed by atoms with Crippen molar-refractivity contribution in [3.8, 4) is 0 Å². The molecule has 7 nitrogen and oxygen atoms in total. The first kappa shape index (κ1) is 19.0. The number of ether oxygens (including phenoxy) is 2. The van der Waals surface area contributed by atoms with Crippen LogP contribution < -0.4 is 11.1 Å². The molecule has 0 aliphatic carbocycles. The minimum Gasteiger partial charge on any atom is -0.459 e. The first-order valence-electron chi connectivity index (χ1n) is 8.00. The molecule has 26 heavy (non-hydrogen) atoms. The molecule has 0 aliphatic rings. The molecular formula is C19H20N2O5. The van der Waals surface area contributed by atoms with Gasteiger partial charge in [-0.15, -0.1) is 0 Å². The molecule has 0 spiro atoms. The topological polar surface area (TPSA) is 108 Å². The Balaban J connectivity index is 1.87. The third kappa shape index (κ3) is 6.64. The summed E-state index contributed by atoms with van der Waals surface area (Å²) in [5, 5.41) is 2.32. The highest BCUT2D eigenvalue weighted by Crippen LogP contribution is 2.05. The minimum atomic E-state index is -1.21. The number of hydrogen-bond donors (Lipinski definition) is 2. The molecule has 0 aliphatic heterocycles. The van der Waals surface area contributed by atoms with Crippen molar-refractivity contribution in [1.82, 2.24) is 5.32 Å². The summed E-state index contributed by atoms with van der Waals surface area (Å²) in [7, 11) is 0. The zero-order chi connectivity index (χ0) is 18.8.